The molecule has 1 N–H and O–H groups in total. The number of methoxy groups -OCH3 is 1. The Kier molecular flexibility index (Phi) is 2.89. The first-order chi connectivity index (χ1) is 10.8. The van der Waals surface area contributed by atoms with Crippen molar-refractivity contribution in [2.24, 2.45) is 0 Å². The maximum atomic E-state index is 5.27. The van der Waals surface area contributed by atoms with Crippen LogP contribution in [0.2, 0.25) is 0 Å². The van der Waals surface area contributed by atoms with E-state index < -0.39 is 0 Å². The van der Waals surface area contributed by atoms with Gasteiger partial charge in [0, 0.05) is 29.5 Å². The normalized spacial score (nSPS) is 11.0. The zero-order chi connectivity index (χ0) is 14.9. The number of H-pyrrole nitrogens is 1. The molecule has 22 heavy (non-hydrogen) atoms. The molecule has 0 spiro atoms. The Labute approximate surface area is 127 Å². The molecular formula is C17H14N4O. The van der Waals surface area contributed by atoms with Crippen LogP contribution in [-0.2, 0) is 0 Å². The summed E-state index contributed by atoms with van der Waals surface area (Å²) in [5.74, 6) is 0.823. The predicted octanol–water partition coefficient (Wildman–Crippen LogP) is 3.42. The Bertz CT molecular complexity index is 938. The number of hydrogen-bond donors (Lipinski definition) is 1. The lowest BCUT2D eigenvalue weighted by atomic mass is 10.1. The second-order valence-corrected chi connectivity index (χ2v) is 4.95. The summed E-state index contributed by atoms with van der Waals surface area (Å²) >= 11 is 0. The van der Waals surface area contributed by atoms with Crippen molar-refractivity contribution in [2.75, 3.05) is 7.11 Å². The van der Waals surface area contributed by atoms with Gasteiger partial charge in [-0.25, -0.2) is 9.67 Å². The highest BCUT2D eigenvalue weighted by atomic mass is 16.5. The van der Waals surface area contributed by atoms with Crippen LogP contribution >= 0.6 is 0 Å². The minimum Gasteiger partial charge on any atom is -0.497 e. The van der Waals surface area contributed by atoms with Crippen LogP contribution in [0, 0.1) is 0 Å². The lowest BCUT2D eigenvalue weighted by Gasteiger charge is -2.04. The summed E-state index contributed by atoms with van der Waals surface area (Å²) in [7, 11) is 1.66. The second-order valence-electron chi connectivity index (χ2n) is 4.95. The standard InChI is InChI=1S/C17H14N4O/c1-22-13-4-2-3-12(11-13)15-7-10-21(20-15)16-6-9-19-17-14(16)5-8-18-17/h2-11H,1H3,(H,18,19). The van der Waals surface area contributed by atoms with E-state index in [0.717, 1.165) is 33.7 Å². The first-order valence-corrected chi connectivity index (χ1v) is 6.98. The average Bonchev–Trinajstić information content (AvgIpc) is 3.23. The lowest BCUT2D eigenvalue weighted by Crippen LogP contribution is -1.96. The summed E-state index contributed by atoms with van der Waals surface area (Å²) in [4.78, 5) is 7.42. The van der Waals surface area contributed by atoms with Crippen molar-refractivity contribution in [1.82, 2.24) is 19.7 Å². The summed E-state index contributed by atoms with van der Waals surface area (Å²) in [6, 6.07) is 13.8. The van der Waals surface area contributed by atoms with Gasteiger partial charge in [0.05, 0.1) is 18.5 Å². The number of nitrogens with zero attached hydrogens (tertiary/aromatic N) is 3. The van der Waals surface area contributed by atoms with Crippen LogP contribution in [0.1, 0.15) is 0 Å². The lowest BCUT2D eigenvalue weighted by molar-refractivity contribution is 0.415. The molecule has 0 saturated heterocycles. The van der Waals surface area contributed by atoms with Gasteiger partial charge < -0.3 is 9.72 Å². The van der Waals surface area contributed by atoms with Crippen molar-refractivity contribution in [3.8, 4) is 22.7 Å². The third-order valence-electron chi connectivity index (χ3n) is 3.64. The Balaban J connectivity index is 1.79. The quantitative estimate of drug-likeness (QED) is 0.629. The second kappa shape index (κ2) is 5.04. The molecule has 0 bridgehead atoms. The van der Waals surface area contributed by atoms with Gasteiger partial charge in [0.15, 0.2) is 0 Å². The molecule has 0 unspecified atom stereocenters. The van der Waals surface area contributed by atoms with Gasteiger partial charge in [-0.3, -0.25) is 0 Å². The molecule has 0 amide bonds. The number of benzene rings is 1. The minimum absolute atomic E-state index is 0.823. The highest BCUT2D eigenvalue weighted by molar-refractivity contribution is 5.84. The van der Waals surface area contributed by atoms with Gasteiger partial charge in [-0.2, -0.15) is 5.10 Å². The Morgan fingerprint density at radius 3 is 3.00 bits per heavy atom. The maximum absolute atomic E-state index is 5.27. The fraction of sp³-hybridized carbons (Fsp3) is 0.0588. The number of pyridine rings is 1. The molecule has 5 nitrogen and oxygen atoms in total. The van der Waals surface area contributed by atoms with Gasteiger partial charge in [0.1, 0.15) is 11.4 Å². The summed E-state index contributed by atoms with van der Waals surface area (Å²) in [6.07, 6.45) is 5.62. The molecule has 0 aliphatic rings. The molecule has 0 aliphatic carbocycles. The van der Waals surface area contributed by atoms with Gasteiger partial charge in [-0.15, -0.1) is 0 Å². The summed E-state index contributed by atoms with van der Waals surface area (Å²) in [6.45, 7) is 0. The summed E-state index contributed by atoms with van der Waals surface area (Å²) in [5.41, 5.74) is 3.79. The van der Waals surface area contributed by atoms with E-state index in [2.05, 4.69) is 15.1 Å². The van der Waals surface area contributed by atoms with Crippen LogP contribution in [0.3, 0.4) is 0 Å². The zero-order valence-corrected chi connectivity index (χ0v) is 12.0. The molecule has 4 aromatic rings. The van der Waals surface area contributed by atoms with E-state index >= 15 is 0 Å². The monoisotopic (exact) mass is 290 g/mol. The number of ether oxygens (including phenoxy) is 1. The van der Waals surface area contributed by atoms with Crippen molar-refractivity contribution in [1.29, 1.82) is 0 Å². The van der Waals surface area contributed by atoms with Crippen molar-refractivity contribution >= 4 is 11.0 Å². The third-order valence-corrected chi connectivity index (χ3v) is 3.64. The maximum Gasteiger partial charge on any atom is 0.139 e. The summed E-state index contributed by atoms with van der Waals surface area (Å²) in [5, 5.41) is 5.72. The van der Waals surface area contributed by atoms with Gasteiger partial charge in [0.25, 0.3) is 0 Å². The molecule has 3 aromatic heterocycles. The number of aromatic amines is 1. The van der Waals surface area contributed by atoms with Crippen LogP contribution < -0.4 is 4.74 Å². The number of aromatic nitrogens is 4. The molecule has 4 rings (SSSR count). The van der Waals surface area contributed by atoms with E-state index in [9.17, 15) is 0 Å². The average molecular weight is 290 g/mol. The molecule has 0 aliphatic heterocycles. The molecule has 0 radical (unpaired) electrons. The Hall–Kier alpha value is -3.08. The van der Waals surface area contributed by atoms with Crippen molar-refractivity contribution in [3.05, 3.63) is 61.1 Å². The van der Waals surface area contributed by atoms with Crippen LogP contribution in [0.5, 0.6) is 5.75 Å². The first-order valence-electron chi connectivity index (χ1n) is 6.98. The van der Waals surface area contributed by atoms with E-state index in [-0.39, 0.29) is 0 Å². The molecule has 0 saturated carbocycles. The summed E-state index contributed by atoms with van der Waals surface area (Å²) < 4.78 is 7.14. The van der Waals surface area contributed by atoms with E-state index in [4.69, 9.17) is 4.74 Å². The van der Waals surface area contributed by atoms with Gasteiger partial charge in [-0.05, 0) is 30.3 Å². The number of fused-ring (bicyclic) bond motifs is 1. The molecule has 0 atom stereocenters. The van der Waals surface area contributed by atoms with Crippen molar-refractivity contribution < 1.29 is 4.74 Å². The molecule has 108 valence electrons. The number of nitrogens with one attached hydrogen (secondary N) is 1. The molecule has 3 heterocycles. The fourth-order valence-electron chi connectivity index (χ4n) is 2.54. The topological polar surface area (TPSA) is 55.7 Å². The van der Waals surface area contributed by atoms with E-state index in [0.29, 0.717) is 0 Å². The number of rotatable bonds is 3. The van der Waals surface area contributed by atoms with E-state index in [1.165, 1.54) is 0 Å². The third kappa shape index (κ3) is 2.03. The minimum atomic E-state index is 0.823. The SMILES string of the molecule is COc1cccc(-c2ccn(-c3ccnc4[nH]ccc34)n2)c1. The largest absolute Gasteiger partial charge is 0.497 e. The van der Waals surface area contributed by atoms with Gasteiger partial charge >= 0.3 is 0 Å². The Morgan fingerprint density at radius 1 is 1.14 bits per heavy atom. The van der Waals surface area contributed by atoms with E-state index in [1.807, 2.05) is 59.5 Å². The smallest absolute Gasteiger partial charge is 0.139 e. The molecule has 0 fully saturated rings. The van der Waals surface area contributed by atoms with Gasteiger partial charge in [-0.1, -0.05) is 12.1 Å². The van der Waals surface area contributed by atoms with Crippen LogP contribution in [0.25, 0.3) is 28.0 Å². The highest BCUT2D eigenvalue weighted by Gasteiger charge is 2.08. The highest BCUT2D eigenvalue weighted by Crippen LogP contribution is 2.24. The molecular weight excluding hydrogens is 276 g/mol. The van der Waals surface area contributed by atoms with Crippen LogP contribution in [0.15, 0.2) is 61.1 Å². The van der Waals surface area contributed by atoms with Crippen LogP contribution in [0.4, 0.5) is 0 Å². The molecule has 5 heteroatoms. The van der Waals surface area contributed by atoms with Crippen LogP contribution in [-0.4, -0.2) is 26.9 Å². The predicted molar refractivity (Wildman–Crippen MR) is 85.2 cm³/mol. The zero-order valence-electron chi connectivity index (χ0n) is 12.0. The van der Waals surface area contributed by atoms with E-state index in [1.54, 1.807) is 13.3 Å². The van der Waals surface area contributed by atoms with Gasteiger partial charge in [0.2, 0.25) is 0 Å². The number of hydrogen-bond acceptors (Lipinski definition) is 3. The Morgan fingerprint density at radius 2 is 2.09 bits per heavy atom. The van der Waals surface area contributed by atoms with Crippen molar-refractivity contribution in [2.45, 2.75) is 0 Å². The first kappa shape index (κ1) is 12.6. The molecule has 1 aromatic carbocycles. The van der Waals surface area contributed by atoms with Crippen molar-refractivity contribution in [3.63, 3.8) is 0 Å². The fourth-order valence-corrected chi connectivity index (χ4v) is 2.54.